The van der Waals surface area contributed by atoms with Crippen LogP contribution in [0, 0.1) is 13.8 Å². The third-order valence-electron chi connectivity index (χ3n) is 4.91. The smallest absolute Gasteiger partial charge is 0.255 e. The predicted molar refractivity (Wildman–Crippen MR) is 121 cm³/mol. The third kappa shape index (κ3) is 4.76. The molecule has 1 amide bonds. The van der Waals surface area contributed by atoms with Gasteiger partial charge in [0.05, 0.1) is 22.5 Å². The average Bonchev–Trinajstić information content (AvgIpc) is 3.14. The molecule has 0 spiro atoms. The van der Waals surface area contributed by atoms with Gasteiger partial charge in [-0.3, -0.25) is 9.78 Å². The fraction of sp³-hybridized carbons (Fsp3) is 0.125. The van der Waals surface area contributed by atoms with E-state index in [-0.39, 0.29) is 16.6 Å². The number of benzene rings is 2. The Morgan fingerprint density at radius 1 is 1.00 bits per heavy atom. The van der Waals surface area contributed by atoms with Crippen LogP contribution in [0.4, 0.5) is 5.69 Å². The zero-order valence-corrected chi connectivity index (χ0v) is 18.4. The standard InChI is InChI=1S/C24H21N3O4S/c1-16-5-11-21(12-6-16)32(29,30)15-22-17(2)31-24(27-22)19-9-7-18(8-10-19)23(28)26-20-4-3-13-25-14-20/h3-14H,15H2,1-2H3,(H,26,28). The number of anilines is 1. The van der Waals surface area contributed by atoms with Crippen molar-refractivity contribution in [3.8, 4) is 11.5 Å². The summed E-state index contributed by atoms with van der Waals surface area (Å²) in [5.74, 6) is 0.222. The van der Waals surface area contributed by atoms with Crippen molar-refractivity contribution in [1.29, 1.82) is 0 Å². The van der Waals surface area contributed by atoms with Gasteiger partial charge in [-0.25, -0.2) is 13.4 Å². The van der Waals surface area contributed by atoms with Crippen LogP contribution < -0.4 is 5.32 Å². The number of rotatable bonds is 6. The predicted octanol–water partition coefficient (Wildman–Crippen LogP) is 4.58. The lowest BCUT2D eigenvalue weighted by atomic mass is 10.1. The Balaban J connectivity index is 1.51. The number of aryl methyl sites for hydroxylation is 2. The fourth-order valence-corrected chi connectivity index (χ4v) is 4.44. The topological polar surface area (TPSA) is 102 Å². The molecule has 0 aliphatic carbocycles. The minimum absolute atomic E-state index is 0.246. The lowest BCUT2D eigenvalue weighted by Crippen LogP contribution is -2.11. The van der Waals surface area contributed by atoms with Gasteiger partial charge in [-0.05, 0) is 62.4 Å². The molecule has 2 heterocycles. The Bertz CT molecular complexity index is 1340. The highest BCUT2D eigenvalue weighted by Gasteiger charge is 2.21. The zero-order valence-electron chi connectivity index (χ0n) is 17.6. The lowest BCUT2D eigenvalue weighted by molar-refractivity contribution is 0.102. The number of hydrogen-bond donors (Lipinski definition) is 1. The van der Waals surface area contributed by atoms with Gasteiger partial charge < -0.3 is 9.73 Å². The van der Waals surface area contributed by atoms with Crippen molar-refractivity contribution >= 4 is 21.4 Å². The second-order valence-electron chi connectivity index (χ2n) is 7.37. The quantitative estimate of drug-likeness (QED) is 0.464. The normalized spacial score (nSPS) is 11.3. The number of hydrogen-bond acceptors (Lipinski definition) is 6. The zero-order chi connectivity index (χ0) is 22.7. The summed E-state index contributed by atoms with van der Waals surface area (Å²) in [5, 5.41) is 2.77. The summed E-state index contributed by atoms with van der Waals surface area (Å²) < 4.78 is 31.2. The number of pyridine rings is 1. The highest BCUT2D eigenvalue weighted by Crippen LogP contribution is 2.25. The van der Waals surface area contributed by atoms with Crippen LogP contribution in [0.25, 0.3) is 11.5 Å². The van der Waals surface area contributed by atoms with Crippen LogP contribution in [-0.2, 0) is 15.6 Å². The van der Waals surface area contributed by atoms with E-state index in [0.717, 1.165) is 5.56 Å². The maximum Gasteiger partial charge on any atom is 0.255 e. The van der Waals surface area contributed by atoms with Crippen molar-refractivity contribution < 1.29 is 17.6 Å². The summed E-state index contributed by atoms with van der Waals surface area (Å²) in [7, 11) is -3.55. The summed E-state index contributed by atoms with van der Waals surface area (Å²) in [6, 6.07) is 16.9. The molecule has 0 fully saturated rings. The third-order valence-corrected chi connectivity index (χ3v) is 6.56. The number of amides is 1. The molecular formula is C24H21N3O4S. The van der Waals surface area contributed by atoms with Crippen molar-refractivity contribution in [3.63, 3.8) is 0 Å². The summed E-state index contributed by atoms with van der Waals surface area (Å²) in [6.45, 7) is 3.59. The Hall–Kier alpha value is -3.78. The van der Waals surface area contributed by atoms with Gasteiger partial charge in [-0.1, -0.05) is 17.7 Å². The van der Waals surface area contributed by atoms with E-state index in [9.17, 15) is 13.2 Å². The van der Waals surface area contributed by atoms with Crippen LogP contribution in [-0.4, -0.2) is 24.3 Å². The first-order valence-corrected chi connectivity index (χ1v) is 11.5. The number of nitrogens with zero attached hydrogens (tertiary/aromatic N) is 2. The molecule has 32 heavy (non-hydrogen) atoms. The first-order chi connectivity index (χ1) is 15.3. The van der Waals surface area contributed by atoms with E-state index in [1.165, 1.54) is 0 Å². The summed E-state index contributed by atoms with van der Waals surface area (Å²) in [6.07, 6.45) is 3.19. The van der Waals surface area contributed by atoms with Crippen molar-refractivity contribution in [2.45, 2.75) is 24.5 Å². The lowest BCUT2D eigenvalue weighted by Gasteiger charge is -2.05. The largest absolute Gasteiger partial charge is 0.441 e. The van der Waals surface area contributed by atoms with E-state index < -0.39 is 9.84 Å². The van der Waals surface area contributed by atoms with Gasteiger partial charge in [-0.15, -0.1) is 0 Å². The van der Waals surface area contributed by atoms with E-state index in [1.807, 2.05) is 6.92 Å². The van der Waals surface area contributed by atoms with Gasteiger partial charge in [0.15, 0.2) is 9.84 Å². The molecule has 7 nitrogen and oxygen atoms in total. The number of sulfone groups is 1. The van der Waals surface area contributed by atoms with Gasteiger partial charge in [0.2, 0.25) is 5.89 Å². The molecule has 0 saturated carbocycles. The maximum absolute atomic E-state index is 12.7. The molecule has 162 valence electrons. The number of aromatic nitrogens is 2. The molecule has 0 bridgehead atoms. The van der Waals surface area contributed by atoms with Crippen LogP contribution in [0.1, 0.15) is 27.4 Å². The molecular weight excluding hydrogens is 426 g/mol. The van der Waals surface area contributed by atoms with Crippen molar-refractivity contribution in [2.24, 2.45) is 0 Å². The van der Waals surface area contributed by atoms with Crippen molar-refractivity contribution in [3.05, 3.63) is 95.6 Å². The molecule has 4 aromatic rings. The van der Waals surface area contributed by atoms with E-state index >= 15 is 0 Å². The van der Waals surface area contributed by atoms with Gasteiger partial charge in [0, 0.05) is 17.3 Å². The van der Waals surface area contributed by atoms with Crippen LogP contribution in [0.3, 0.4) is 0 Å². The SMILES string of the molecule is Cc1ccc(S(=O)(=O)Cc2nc(-c3ccc(C(=O)Nc4cccnc4)cc3)oc2C)cc1. The summed E-state index contributed by atoms with van der Waals surface area (Å²) >= 11 is 0. The van der Waals surface area contributed by atoms with Gasteiger partial charge in [0.1, 0.15) is 11.5 Å². The minimum atomic E-state index is -3.55. The molecule has 8 heteroatoms. The highest BCUT2D eigenvalue weighted by atomic mass is 32.2. The van der Waals surface area contributed by atoms with Gasteiger partial charge in [-0.2, -0.15) is 0 Å². The molecule has 2 aromatic heterocycles. The summed E-state index contributed by atoms with van der Waals surface area (Å²) in [4.78, 5) is 21.0. The van der Waals surface area contributed by atoms with Crippen molar-refractivity contribution in [1.82, 2.24) is 9.97 Å². The fourth-order valence-electron chi connectivity index (χ4n) is 3.10. The van der Waals surface area contributed by atoms with Gasteiger partial charge >= 0.3 is 0 Å². The van der Waals surface area contributed by atoms with Crippen LogP contribution in [0.15, 0.2) is 82.4 Å². The molecule has 0 atom stereocenters. The molecule has 4 rings (SSSR count). The number of carbonyl (C=O) groups is 1. The van der Waals surface area contributed by atoms with Crippen LogP contribution >= 0.6 is 0 Å². The van der Waals surface area contributed by atoms with Crippen LogP contribution in [0.2, 0.25) is 0 Å². The molecule has 0 aliphatic heterocycles. The highest BCUT2D eigenvalue weighted by molar-refractivity contribution is 7.90. The molecule has 1 N–H and O–H groups in total. The molecule has 0 aliphatic rings. The second kappa shape index (κ2) is 8.76. The molecule has 2 aromatic carbocycles. The van der Waals surface area contributed by atoms with Gasteiger partial charge in [0.25, 0.3) is 5.91 Å². The Morgan fingerprint density at radius 2 is 1.72 bits per heavy atom. The van der Waals surface area contributed by atoms with E-state index in [2.05, 4.69) is 15.3 Å². The molecule has 0 unspecified atom stereocenters. The minimum Gasteiger partial charge on any atom is -0.441 e. The first-order valence-electron chi connectivity index (χ1n) is 9.89. The van der Waals surface area contributed by atoms with Crippen LogP contribution in [0.5, 0.6) is 0 Å². The second-order valence-corrected chi connectivity index (χ2v) is 9.36. The number of nitrogens with one attached hydrogen (secondary N) is 1. The van der Waals surface area contributed by atoms with Crippen molar-refractivity contribution in [2.75, 3.05) is 5.32 Å². The summed E-state index contributed by atoms with van der Waals surface area (Å²) in [5.41, 5.74) is 3.05. The van der Waals surface area contributed by atoms with E-state index in [1.54, 1.807) is 80.0 Å². The Labute approximate surface area is 186 Å². The van der Waals surface area contributed by atoms with E-state index in [4.69, 9.17) is 4.42 Å². The monoisotopic (exact) mass is 447 g/mol. The Morgan fingerprint density at radius 3 is 2.38 bits per heavy atom. The Kier molecular flexibility index (Phi) is 5.87. The van der Waals surface area contributed by atoms with E-state index in [0.29, 0.717) is 34.2 Å². The number of oxazole rings is 1. The number of carbonyl (C=O) groups excluding carboxylic acids is 1. The molecule has 0 radical (unpaired) electrons. The molecule has 0 saturated heterocycles. The average molecular weight is 448 g/mol. The maximum atomic E-state index is 12.7. The first kappa shape index (κ1) is 21.5.